The Balaban J connectivity index is 0. The Labute approximate surface area is 62.3 Å². The van der Waals surface area contributed by atoms with Crippen LogP contribution in [0, 0.1) is 33.8 Å². The second-order valence-corrected chi connectivity index (χ2v) is 1.54. The van der Waals surface area contributed by atoms with E-state index < -0.39 is 7.82 Å². The molecule has 0 aliphatic carbocycles. The molecule has 41 valence electrons. The van der Waals surface area contributed by atoms with Gasteiger partial charge < -0.3 is 14.7 Å². The molecule has 0 heterocycles. The van der Waals surface area contributed by atoms with E-state index in [4.69, 9.17) is 20.9 Å². The maximum atomic E-state index is 8.88. The molecule has 0 rings (SSSR count). The van der Waals surface area contributed by atoms with Crippen LogP contribution in [0.25, 0.3) is 0 Å². The summed E-state index contributed by atoms with van der Waals surface area (Å²) in [6, 6.07) is 0. The zero-order valence-electron chi connectivity index (χ0n) is 3.18. The molecule has 0 bridgehead atoms. The Morgan fingerprint density at radius 1 is 1.14 bits per heavy atom. The van der Waals surface area contributed by atoms with E-state index in [1.165, 1.54) is 0 Å². The summed E-state index contributed by atoms with van der Waals surface area (Å²) in [7, 11) is -4.64. The van der Waals surface area contributed by atoms with E-state index in [0.717, 1.165) is 0 Å². The fraction of sp³-hybridized carbons (Fsp3) is 0. The molecule has 3 N–H and O–H groups in total. The first kappa shape index (κ1) is 11.0. The topological polar surface area (TPSA) is 94.8 Å². The van der Waals surface area contributed by atoms with Gasteiger partial charge in [-0.3, -0.25) is 0 Å². The summed E-state index contributed by atoms with van der Waals surface area (Å²) in [5.41, 5.74) is 0. The monoisotopic (exact) mass is 253 g/mol. The molecule has 0 aromatic rings. The van der Waals surface area contributed by atoms with Gasteiger partial charge in [-0.05, 0) is 0 Å². The fourth-order valence-corrected chi connectivity index (χ4v) is 0. The van der Waals surface area contributed by atoms with E-state index in [9.17, 15) is 0 Å². The van der Waals surface area contributed by atoms with Crippen molar-refractivity contribution in [2.45, 2.75) is 0 Å². The van der Waals surface area contributed by atoms with E-state index in [1.807, 2.05) is 0 Å². The molecule has 7 heavy (non-hydrogen) atoms. The molecule has 5 nitrogen and oxygen atoms in total. The van der Waals surface area contributed by atoms with E-state index in [0.29, 0.717) is 0 Å². The van der Waals surface area contributed by atoms with Crippen molar-refractivity contribution in [3.63, 3.8) is 0 Å². The Bertz CT molecular complexity index is 63.9. The molecule has 0 saturated heterocycles. The number of hydrogen-bond acceptors (Lipinski definition) is 2. The molecule has 0 saturated carbocycles. The summed E-state index contributed by atoms with van der Waals surface area (Å²) in [5.74, 6) is 0. The molecule has 0 aliphatic rings. The standard InChI is InChI=1S/La.H3O4P.O/c;1-5(2,3)4;/h;(H3,1,2,3,4);. The van der Waals surface area contributed by atoms with E-state index >= 15 is 0 Å². The first-order chi connectivity index (χ1) is 3.00. The van der Waals surface area contributed by atoms with Gasteiger partial charge in [0.2, 0.25) is 0 Å². The molecule has 0 fully saturated rings. The van der Waals surface area contributed by atoms with Crippen LogP contribution in [0.15, 0.2) is 0 Å². The Morgan fingerprint density at radius 3 is 1.14 bits per heavy atom. The molecule has 0 aromatic heterocycles. The van der Waals surface area contributed by atoms with E-state index in [2.05, 4.69) is 0 Å². The molecule has 0 aromatic carbocycles. The second-order valence-electron chi connectivity index (χ2n) is 0.513. The van der Waals surface area contributed by atoms with Gasteiger partial charge in [0, 0.05) is 0 Å². The normalized spacial score (nSPS) is 9.29. The molecule has 0 amide bonds. The zero-order chi connectivity index (χ0) is 6.50. The van der Waals surface area contributed by atoms with Crippen LogP contribution >= 0.6 is 7.82 Å². The van der Waals surface area contributed by atoms with Gasteiger partial charge in [0.05, 0.1) is 0 Å². The van der Waals surface area contributed by atoms with Crippen molar-refractivity contribution >= 4 is 7.82 Å². The first-order valence-corrected chi connectivity index (χ1v) is 4.06. The Morgan fingerprint density at radius 2 is 1.14 bits per heavy atom. The summed E-state index contributed by atoms with van der Waals surface area (Å²) in [6.07, 6.45) is 0. The van der Waals surface area contributed by atoms with Gasteiger partial charge in [-0.25, -0.2) is 4.57 Å². The third-order valence-corrected chi connectivity index (χ3v) is 0. The van der Waals surface area contributed by atoms with Crippen molar-refractivity contribution < 1.29 is 54.7 Å². The second kappa shape index (κ2) is 5.25. The average molecular weight is 253 g/mol. The number of hydrogen-bond donors (Lipinski definition) is 3. The molecule has 0 spiro atoms. The average Bonchev–Trinajstić information content (AvgIpc) is 1.36. The predicted molar refractivity (Wildman–Crippen MR) is 14.9 cm³/mol. The van der Waals surface area contributed by atoms with Crippen LogP contribution < -0.4 is 0 Å². The zero-order valence-corrected chi connectivity index (χ0v) is 7.70. The van der Waals surface area contributed by atoms with Crippen LogP contribution in [-0.4, -0.2) is 14.7 Å². The Hall–Kier alpha value is 1.10. The first-order valence-electron chi connectivity index (χ1n) is 1.02. The van der Waals surface area contributed by atoms with Gasteiger partial charge in [-0.2, -0.15) is 0 Å². The van der Waals surface area contributed by atoms with Gasteiger partial charge in [-0.15, -0.1) is 0 Å². The number of phosphoric acid groups is 1. The molecule has 0 aliphatic heterocycles. The molecular formula is H3LaO5P. The van der Waals surface area contributed by atoms with Gasteiger partial charge in [0.15, 0.2) is 0 Å². The van der Waals surface area contributed by atoms with Gasteiger partial charge >= 0.3 is 43.3 Å². The van der Waals surface area contributed by atoms with Crippen LogP contribution in [0.5, 0.6) is 0 Å². The van der Waals surface area contributed by atoms with Crippen molar-refractivity contribution in [2.75, 3.05) is 0 Å². The predicted octanol–water partition coefficient (Wildman–Crippen LogP) is -1.05. The van der Waals surface area contributed by atoms with Gasteiger partial charge in [0.25, 0.3) is 0 Å². The van der Waals surface area contributed by atoms with Crippen molar-refractivity contribution in [3.8, 4) is 0 Å². The molecule has 7 heteroatoms. The summed E-state index contributed by atoms with van der Waals surface area (Å²) >= 11 is -0.0833. The van der Waals surface area contributed by atoms with Gasteiger partial charge in [-0.1, -0.05) is 0 Å². The van der Waals surface area contributed by atoms with Crippen LogP contribution in [0.2, 0.25) is 0 Å². The van der Waals surface area contributed by atoms with Crippen LogP contribution in [0.1, 0.15) is 0 Å². The maximum absolute atomic E-state index is 8.88. The molecule has 0 radical (unpaired) electrons. The SMILES string of the molecule is O=P(O)(O)O.[O]=[La]. The minimum absolute atomic E-state index is 0.0833. The minimum atomic E-state index is -4.64. The third-order valence-electron chi connectivity index (χ3n) is 0. The van der Waals surface area contributed by atoms with Crippen LogP contribution in [-0.2, 0) is 6.26 Å². The summed E-state index contributed by atoms with van der Waals surface area (Å²) < 4.78 is 17.3. The van der Waals surface area contributed by atoms with Crippen molar-refractivity contribution in [3.05, 3.63) is 0 Å². The van der Waals surface area contributed by atoms with Crippen LogP contribution in [0.4, 0.5) is 0 Å². The Kier molecular flexibility index (Phi) is 8.23. The van der Waals surface area contributed by atoms with Crippen molar-refractivity contribution in [1.29, 1.82) is 0 Å². The quantitative estimate of drug-likeness (QED) is 0.479. The van der Waals surface area contributed by atoms with Gasteiger partial charge in [0.1, 0.15) is 0 Å². The van der Waals surface area contributed by atoms with E-state index in [-0.39, 0.29) is 33.8 Å². The summed E-state index contributed by atoms with van der Waals surface area (Å²) in [5, 5.41) is 0. The molecule has 0 atom stereocenters. The summed E-state index contributed by atoms with van der Waals surface area (Å²) in [4.78, 5) is 21.6. The van der Waals surface area contributed by atoms with Crippen molar-refractivity contribution in [1.82, 2.24) is 0 Å². The van der Waals surface area contributed by atoms with Crippen LogP contribution in [0.3, 0.4) is 0 Å². The fourth-order valence-electron chi connectivity index (χ4n) is 0. The number of rotatable bonds is 0. The third kappa shape index (κ3) is 152. The van der Waals surface area contributed by atoms with Crippen molar-refractivity contribution in [2.24, 2.45) is 0 Å². The summed E-state index contributed by atoms with van der Waals surface area (Å²) in [6.45, 7) is 0. The van der Waals surface area contributed by atoms with E-state index in [1.54, 1.807) is 0 Å². The molecule has 0 unspecified atom stereocenters. The molecular weight excluding hydrogens is 250 g/mol.